The summed E-state index contributed by atoms with van der Waals surface area (Å²) in [5, 5.41) is 12.6. The van der Waals surface area contributed by atoms with Crippen LogP contribution in [0.3, 0.4) is 0 Å². The Balaban J connectivity index is 2.05. The van der Waals surface area contributed by atoms with E-state index in [-0.39, 0.29) is 12.0 Å². The van der Waals surface area contributed by atoms with E-state index in [4.69, 9.17) is 5.26 Å². The lowest BCUT2D eigenvalue weighted by molar-refractivity contribution is 0.411. The highest BCUT2D eigenvalue weighted by Crippen LogP contribution is 2.27. The summed E-state index contributed by atoms with van der Waals surface area (Å²) >= 11 is 0. The summed E-state index contributed by atoms with van der Waals surface area (Å²) < 4.78 is 0. The molecular formula is C13H18N4. The Morgan fingerprint density at radius 2 is 2.18 bits per heavy atom. The minimum atomic E-state index is 0.148. The molecular weight excluding hydrogens is 212 g/mol. The SMILES string of the molecule is Cc1nccnc1C(C)NC1CCCC1C#N. The van der Waals surface area contributed by atoms with Crippen molar-refractivity contribution in [1.82, 2.24) is 15.3 Å². The molecule has 4 heteroatoms. The van der Waals surface area contributed by atoms with Crippen LogP contribution in [0.4, 0.5) is 0 Å². The fourth-order valence-electron chi connectivity index (χ4n) is 2.56. The van der Waals surface area contributed by atoms with E-state index < -0.39 is 0 Å². The number of nitrogens with one attached hydrogen (secondary N) is 1. The van der Waals surface area contributed by atoms with Gasteiger partial charge in [0.05, 0.1) is 23.4 Å². The molecule has 17 heavy (non-hydrogen) atoms. The number of hydrogen-bond donors (Lipinski definition) is 1. The van der Waals surface area contributed by atoms with E-state index in [1.54, 1.807) is 12.4 Å². The maximum atomic E-state index is 9.06. The molecule has 3 unspecified atom stereocenters. The fourth-order valence-corrected chi connectivity index (χ4v) is 2.56. The molecule has 2 rings (SSSR count). The zero-order valence-corrected chi connectivity index (χ0v) is 10.3. The van der Waals surface area contributed by atoms with Crippen LogP contribution in [-0.4, -0.2) is 16.0 Å². The zero-order valence-electron chi connectivity index (χ0n) is 10.3. The molecule has 0 aromatic carbocycles. The third kappa shape index (κ3) is 2.62. The van der Waals surface area contributed by atoms with Gasteiger partial charge < -0.3 is 5.32 Å². The zero-order chi connectivity index (χ0) is 12.3. The smallest absolute Gasteiger partial charge is 0.0782 e. The molecule has 1 aliphatic carbocycles. The van der Waals surface area contributed by atoms with Crippen LogP contribution >= 0.6 is 0 Å². The lowest BCUT2D eigenvalue weighted by Gasteiger charge is -2.21. The van der Waals surface area contributed by atoms with Crippen molar-refractivity contribution in [2.24, 2.45) is 5.92 Å². The number of rotatable bonds is 3. The summed E-state index contributed by atoms with van der Waals surface area (Å²) in [7, 11) is 0. The highest BCUT2D eigenvalue weighted by molar-refractivity contribution is 5.13. The van der Waals surface area contributed by atoms with Gasteiger partial charge in [-0.25, -0.2) is 0 Å². The minimum Gasteiger partial charge on any atom is -0.305 e. The van der Waals surface area contributed by atoms with Gasteiger partial charge in [-0.1, -0.05) is 6.42 Å². The molecule has 0 saturated heterocycles. The highest BCUT2D eigenvalue weighted by atomic mass is 15.0. The topological polar surface area (TPSA) is 61.6 Å². The molecule has 0 spiro atoms. The first-order valence-electron chi connectivity index (χ1n) is 6.15. The summed E-state index contributed by atoms with van der Waals surface area (Å²) in [6.45, 7) is 4.06. The predicted octanol–water partition coefficient (Wildman–Crippen LogP) is 2.13. The van der Waals surface area contributed by atoms with Gasteiger partial charge in [-0.05, 0) is 26.7 Å². The lowest BCUT2D eigenvalue weighted by atomic mass is 10.0. The molecule has 1 N–H and O–H groups in total. The average molecular weight is 230 g/mol. The molecule has 90 valence electrons. The van der Waals surface area contributed by atoms with Gasteiger partial charge in [-0.15, -0.1) is 0 Å². The first-order chi connectivity index (χ1) is 8.22. The fraction of sp³-hybridized carbons (Fsp3) is 0.615. The van der Waals surface area contributed by atoms with Crippen LogP contribution < -0.4 is 5.32 Å². The largest absolute Gasteiger partial charge is 0.305 e. The molecule has 4 nitrogen and oxygen atoms in total. The number of aromatic nitrogens is 2. The van der Waals surface area contributed by atoms with Crippen LogP contribution in [0.15, 0.2) is 12.4 Å². The summed E-state index contributed by atoms with van der Waals surface area (Å²) in [5.41, 5.74) is 1.94. The van der Waals surface area contributed by atoms with E-state index in [9.17, 15) is 0 Å². The summed E-state index contributed by atoms with van der Waals surface area (Å²) in [5.74, 6) is 0.148. The second kappa shape index (κ2) is 5.24. The van der Waals surface area contributed by atoms with Gasteiger partial charge in [-0.3, -0.25) is 9.97 Å². The first-order valence-corrected chi connectivity index (χ1v) is 6.15. The Kier molecular flexibility index (Phi) is 3.70. The number of aryl methyl sites for hydroxylation is 1. The maximum absolute atomic E-state index is 9.06. The average Bonchev–Trinajstić information content (AvgIpc) is 2.76. The van der Waals surface area contributed by atoms with Crippen LogP contribution in [0.25, 0.3) is 0 Å². The Morgan fingerprint density at radius 1 is 1.41 bits per heavy atom. The van der Waals surface area contributed by atoms with Gasteiger partial charge in [0.25, 0.3) is 0 Å². The number of nitrogens with zero attached hydrogens (tertiary/aromatic N) is 3. The number of nitriles is 1. The van der Waals surface area contributed by atoms with Crippen molar-refractivity contribution in [2.75, 3.05) is 0 Å². The predicted molar refractivity (Wildman–Crippen MR) is 65.1 cm³/mol. The molecule has 1 fully saturated rings. The van der Waals surface area contributed by atoms with Crippen molar-refractivity contribution < 1.29 is 0 Å². The van der Waals surface area contributed by atoms with Crippen LogP contribution in [0, 0.1) is 24.2 Å². The van der Waals surface area contributed by atoms with Crippen molar-refractivity contribution in [2.45, 2.75) is 45.2 Å². The maximum Gasteiger partial charge on any atom is 0.0782 e. The molecule has 1 aromatic rings. The first kappa shape index (κ1) is 12.0. The van der Waals surface area contributed by atoms with Crippen molar-refractivity contribution in [3.05, 3.63) is 23.8 Å². The van der Waals surface area contributed by atoms with Crippen molar-refractivity contribution in [3.63, 3.8) is 0 Å². The summed E-state index contributed by atoms with van der Waals surface area (Å²) in [6, 6.07) is 2.84. The Hall–Kier alpha value is -1.47. The van der Waals surface area contributed by atoms with Gasteiger partial charge >= 0.3 is 0 Å². The van der Waals surface area contributed by atoms with E-state index in [1.807, 2.05) is 6.92 Å². The van der Waals surface area contributed by atoms with Crippen LogP contribution in [0.5, 0.6) is 0 Å². The normalized spacial score (nSPS) is 25.5. The molecule has 0 aliphatic heterocycles. The van der Waals surface area contributed by atoms with E-state index in [0.29, 0.717) is 6.04 Å². The van der Waals surface area contributed by atoms with E-state index >= 15 is 0 Å². The Labute approximate surface area is 102 Å². The van der Waals surface area contributed by atoms with Gasteiger partial charge in [-0.2, -0.15) is 5.26 Å². The second-order valence-corrected chi connectivity index (χ2v) is 4.69. The Bertz CT molecular complexity index is 424. The molecule has 3 atom stereocenters. The molecule has 0 radical (unpaired) electrons. The number of hydrogen-bond acceptors (Lipinski definition) is 4. The van der Waals surface area contributed by atoms with Crippen LogP contribution in [0.2, 0.25) is 0 Å². The standard InChI is InChI=1S/C13H18N4/c1-9-13(16-7-6-15-9)10(2)17-12-5-3-4-11(12)8-14/h6-7,10-12,17H,3-5H2,1-2H3. The van der Waals surface area contributed by atoms with Gasteiger partial charge in [0.1, 0.15) is 0 Å². The van der Waals surface area contributed by atoms with E-state index in [0.717, 1.165) is 30.7 Å². The molecule has 1 heterocycles. The quantitative estimate of drug-likeness (QED) is 0.864. The van der Waals surface area contributed by atoms with E-state index in [1.165, 1.54) is 0 Å². The molecule has 0 amide bonds. The summed E-state index contributed by atoms with van der Waals surface area (Å²) in [6.07, 6.45) is 6.67. The van der Waals surface area contributed by atoms with E-state index in [2.05, 4.69) is 28.3 Å². The molecule has 1 aliphatic rings. The van der Waals surface area contributed by atoms with Gasteiger partial charge in [0, 0.05) is 24.5 Å². The van der Waals surface area contributed by atoms with Crippen molar-refractivity contribution in [3.8, 4) is 6.07 Å². The molecule has 1 saturated carbocycles. The van der Waals surface area contributed by atoms with Crippen LogP contribution in [0.1, 0.15) is 43.6 Å². The minimum absolute atomic E-state index is 0.148. The van der Waals surface area contributed by atoms with Gasteiger partial charge in [0.2, 0.25) is 0 Å². The Morgan fingerprint density at radius 3 is 2.88 bits per heavy atom. The molecule has 1 aromatic heterocycles. The van der Waals surface area contributed by atoms with Crippen molar-refractivity contribution >= 4 is 0 Å². The van der Waals surface area contributed by atoms with Gasteiger partial charge in [0.15, 0.2) is 0 Å². The monoisotopic (exact) mass is 230 g/mol. The van der Waals surface area contributed by atoms with Crippen molar-refractivity contribution in [1.29, 1.82) is 5.26 Å². The second-order valence-electron chi connectivity index (χ2n) is 4.69. The lowest BCUT2D eigenvalue weighted by Crippen LogP contribution is -2.34. The third-order valence-electron chi connectivity index (χ3n) is 3.48. The summed E-state index contributed by atoms with van der Waals surface area (Å²) in [4.78, 5) is 8.61. The highest BCUT2D eigenvalue weighted by Gasteiger charge is 2.28. The molecule has 0 bridgehead atoms. The third-order valence-corrected chi connectivity index (χ3v) is 3.48. The van der Waals surface area contributed by atoms with Crippen LogP contribution in [-0.2, 0) is 0 Å².